The van der Waals surface area contributed by atoms with Gasteiger partial charge < -0.3 is 0 Å². The smallest absolute Gasteiger partial charge is 0.246 e. The van der Waals surface area contributed by atoms with E-state index in [-0.39, 0.29) is 11.2 Å². The molecule has 0 N–H and O–H groups in total. The predicted octanol–water partition coefficient (Wildman–Crippen LogP) is 3.97. The quantitative estimate of drug-likeness (QED) is 0.756. The van der Waals surface area contributed by atoms with E-state index in [1.54, 1.807) is 16.7 Å². The molecule has 1 aliphatic heterocycles. The minimum Gasteiger partial charge on any atom is -0.296 e. The topological polar surface area (TPSA) is 20.3 Å². The van der Waals surface area contributed by atoms with Crippen LogP contribution in [0.4, 0.5) is 0 Å². The SMILES string of the molecule is CSC(=S)SC(C(=O)N1CCSC1=S)c1ccccc1. The van der Waals surface area contributed by atoms with Crippen LogP contribution in [-0.4, -0.2) is 37.2 Å². The minimum atomic E-state index is -0.312. The van der Waals surface area contributed by atoms with Gasteiger partial charge in [-0.1, -0.05) is 78.3 Å². The lowest BCUT2D eigenvalue weighted by atomic mass is 10.1. The number of carbonyl (C=O) groups excluding carboxylic acids is 1. The van der Waals surface area contributed by atoms with Crippen molar-refractivity contribution in [2.24, 2.45) is 0 Å². The maximum atomic E-state index is 12.7. The van der Waals surface area contributed by atoms with E-state index in [0.29, 0.717) is 10.9 Å². The number of carbonyl (C=O) groups is 1. The summed E-state index contributed by atoms with van der Waals surface area (Å²) in [7, 11) is 0. The van der Waals surface area contributed by atoms with Gasteiger partial charge >= 0.3 is 0 Å². The molecule has 0 radical (unpaired) electrons. The van der Waals surface area contributed by atoms with Crippen molar-refractivity contribution in [2.75, 3.05) is 18.6 Å². The molecule has 1 fully saturated rings. The summed E-state index contributed by atoms with van der Waals surface area (Å²) in [4.78, 5) is 14.4. The van der Waals surface area contributed by atoms with Crippen LogP contribution in [0.3, 0.4) is 0 Å². The molecule has 1 aromatic carbocycles. The molecule has 0 spiro atoms. The predicted molar refractivity (Wildman–Crippen MR) is 99.7 cm³/mol. The summed E-state index contributed by atoms with van der Waals surface area (Å²) in [6.45, 7) is 0.693. The number of hydrogen-bond donors (Lipinski definition) is 0. The molecule has 1 aliphatic rings. The van der Waals surface area contributed by atoms with Gasteiger partial charge in [-0.2, -0.15) is 0 Å². The molecule has 1 atom stereocenters. The van der Waals surface area contributed by atoms with Crippen molar-refractivity contribution >= 4 is 73.5 Å². The fraction of sp³-hybridized carbons (Fsp3) is 0.308. The molecule has 106 valence electrons. The lowest BCUT2D eigenvalue weighted by Crippen LogP contribution is -2.34. The minimum absolute atomic E-state index is 0.0348. The van der Waals surface area contributed by atoms with Crippen LogP contribution in [0.25, 0.3) is 0 Å². The van der Waals surface area contributed by atoms with Gasteiger partial charge in [-0.05, 0) is 11.8 Å². The van der Waals surface area contributed by atoms with E-state index < -0.39 is 0 Å². The van der Waals surface area contributed by atoms with E-state index in [4.69, 9.17) is 24.4 Å². The fourth-order valence-electron chi connectivity index (χ4n) is 1.77. The molecule has 0 aliphatic carbocycles. The van der Waals surface area contributed by atoms with Gasteiger partial charge in [0.2, 0.25) is 5.91 Å². The third-order valence-corrected chi connectivity index (χ3v) is 6.97. The number of nitrogens with zero attached hydrogens (tertiary/aromatic N) is 1. The van der Waals surface area contributed by atoms with E-state index in [0.717, 1.165) is 14.8 Å². The first-order valence-electron chi connectivity index (χ1n) is 5.91. The Kier molecular flexibility index (Phi) is 6.35. The standard InChI is InChI=1S/C13H13NOS5/c1-18-13(17)20-10(9-5-3-2-4-6-9)11(15)14-7-8-19-12(14)16/h2-6,10H,7-8H2,1H3. The van der Waals surface area contributed by atoms with Gasteiger partial charge in [0.25, 0.3) is 0 Å². The van der Waals surface area contributed by atoms with Crippen LogP contribution in [-0.2, 0) is 4.79 Å². The molecule has 0 saturated carbocycles. The van der Waals surface area contributed by atoms with Crippen molar-refractivity contribution in [3.05, 3.63) is 35.9 Å². The van der Waals surface area contributed by atoms with Crippen LogP contribution < -0.4 is 0 Å². The summed E-state index contributed by atoms with van der Waals surface area (Å²) >= 11 is 15.0. The molecule has 2 nitrogen and oxygen atoms in total. The molecule has 2 rings (SSSR count). The molecule has 7 heteroatoms. The summed E-state index contributed by atoms with van der Waals surface area (Å²) in [6.07, 6.45) is 1.93. The molecule has 20 heavy (non-hydrogen) atoms. The zero-order valence-electron chi connectivity index (χ0n) is 10.8. The molecular weight excluding hydrogens is 346 g/mol. The Morgan fingerprint density at radius 2 is 2.10 bits per heavy atom. The zero-order valence-corrected chi connectivity index (χ0v) is 14.9. The average molecular weight is 360 g/mol. The summed E-state index contributed by atoms with van der Waals surface area (Å²) in [5.74, 6) is 0.914. The molecule has 1 unspecified atom stereocenters. The van der Waals surface area contributed by atoms with Crippen molar-refractivity contribution in [3.8, 4) is 0 Å². The molecule has 1 heterocycles. The maximum Gasteiger partial charge on any atom is 0.246 e. The second-order valence-electron chi connectivity index (χ2n) is 3.97. The maximum absolute atomic E-state index is 12.7. The van der Waals surface area contributed by atoms with Gasteiger partial charge in [0, 0.05) is 12.3 Å². The van der Waals surface area contributed by atoms with Crippen LogP contribution in [0.2, 0.25) is 0 Å². The highest BCUT2D eigenvalue weighted by atomic mass is 32.2. The van der Waals surface area contributed by atoms with Crippen LogP contribution >= 0.6 is 59.7 Å². The highest BCUT2D eigenvalue weighted by Crippen LogP contribution is 2.36. The molecule has 0 bridgehead atoms. The third kappa shape index (κ3) is 3.98. The monoisotopic (exact) mass is 359 g/mol. The van der Waals surface area contributed by atoms with E-state index >= 15 is 0 Å². The summed E-state index contributed by atoms with van der Waals surface area (Å²) in [5, 5.41) is -0.312. The Bertz CT molecular complexity index is 519. The number of thioether (sulfide) groups is 3. The summed E-state index contributed by atoms with van der Waals surface area (Å²) < 4.78 is 1.44. The van der Waals surface area contributed by atoms with Gasteiger partial charge in [0.15, 0.2) is 0 Å². The molecule has 1 aromatic rings. The number of hydrogen-bond acceptors (Lipinski definition) is 6. The first-order valence-corrected chi connectivity index (χ1v) is 9.82. The van der Waals surface area contributed by atoms with Crippen molar-refractivity contribution in [3.63, 3.8) is 0 Å². The van der Waals surface area contributed by atoms with E-state index in [2.05, 4.69) is 0 Å². The van der Waals surface area contributed by atoms with E-state index in [1.807, 2.05) is 36.6 Å². The Morgan fingerprint density at radius 1 is 1.40 bits per heavy atom. The summed E-state index contributed by atoms with van der Waals surface area (Å²) in [6, 6.07) is 9.75. The number of thiocarbonyl (C=S) groups is 2. The van der Waals surface area contributed by atoms with E-state index in [1.165, 1.54) is 23.5 Å². The van der Waals surface area contributed by atoms with E-state index in [9.17, 15) is 4.79 Å². The first kappa shape index (κ1) is 16.3. The normalized spacial score (nSPS) is 16.2. The van der Waals surface area contributed by atoms with Crippen LogP contribution in [0, 0.1) is 0 Å². The van der Waals surface area contributed by atoms with Gasteiger partial charge in [0.1, 0.15) is 13.1 Å². The largest absolute Gasteiger partial charge is 0.296 e. The van der Waals surface area contributed by atoms with Crippen molar-refractivity contribution < 1.29 is 4.79 Å². The second kappa shape index (κ2) is 7.79. The highest BCUT2D eigenvalue weighted by Gasteiger charge is 2.32. The Balaban J connectivity index is 2.24. The first-order chi connectivity index (χ1) is 9.63. The average Bonchev–Trinajstić information content (AvgIpc) is 2.91. The van der Waals surface area contributed by atoms with Crippen LogP contribution in [0.1, 0.15) is 10.8 Å². The molecular formula is C13H13NOS5. The van der Waals surface area contributed by atoms with Crippen molar-refractivity contribution in [1.82, 2.24) is 4.90 Å². The number of amides is 1. The Morgan fingerprint density at radius 3 is 2.65 bits per heavy atom. The Hall–Kier alpha value is -0.0800. The number of benzene rings is 1. The molecule has 1 amide bonds. The zero-order chi connectivity index (χ0) is 14.5. The number of rotatable bonds is 3. The van der Waals surface area contributed by atoms with Gasteiger partial charge in [-0.25, -0.2) is 0 Å². The highest BCUT2D eigenvalue weighted by molar-refractivity contribution is 8.47. The molecule has 0 aromatic heterocycles. The van der Waals surface area contributed by atoms with Gasteiger partial charge in [-0.3, -0.25) is 9.69 Å². The lowest BCUT2D eigenvalue weighted by Gasteiger charge is -2.22. The summed E-state index contributed by atoms with van der Waals surface area (Å²) in [5.41, 5.74) is 0.971. The molecule has 1 saturated heterocycles. The van der Waals surface area contributed by atoms with Gasteiger partial charge in [-0.15, -0.1) is 11.8 Å². The van der Waals surface area contributed by atoms with Crippen LogP contribution in [0.5, 0.6) is 0 Å². The van der Waals surface area contributed by atoms with Crippen molar-refractivity contribution in [2.45, 2.75) is 5.25 Å². The second-order valence-corrected chi connectivity index (χ2v) is 8.81. The van der Waals surface area contributed by atoms with Gasteiger partial charge in [0.05, 0.1) is 0 Å². The Labute approximate surface area is 142 Å². The lowest BCUT2D eigenvalue weighted by molar-refractivity contribution is -0.126. The van der Waals surface area contributed by atoms with Crippen molar-refractivity contribution in [1.29, 1.82) is 0 Å². The van der Waals surface area contributed by atoms with Crippen LogP contribution in [0.15, 0.2) is 30.3 Å². The third-order valence-electron chi connectivity index (χ3n) is 2.73. The fourth-order valence-corrected chi connectivity index (χ4v) is 4.66.